The zero-order chi connectivity index (χ0) is 9.40. The van der Waals surface area contributed by atoms with Crippen molar-refractivity contribution in [3.63, 3.8) is 0 Å². The van der Waals surface area contributed by atoms with E-state index in [1.807, 2.05) is 0 Å². The first-order valence-electron chi connectivity index (χ1n) is 3.14. The van der Waals surface area contributed by atoms with Crippen LogP contribution >= 0.6 is 0 Å². The lowest BCUT2D eigenvalue weighted by Crippen LogP contribution is -2.15. The van der Waals surface area contributed by atoms with E-state index in [0.717, 1.165) is 0 Å². The average molecular weight is 169 g/mol. The second kappa shape index (κ2) is 5.97. The molecule has 0 aromatic carbocycles. The molecule has 0 fully saturated rings. The quantitative estimate of drug-likeness (QED) is 0.282. The number of hydrogen-bond acceptors (Lipinski definition) is 6. The molecule has 0 rings (SSSR count). The molecule has 0 amide bonds. The molecule has 0 aliphatic heterocycles. The van der Waals surface area contributed by atoms with Crippen LogP contribution in [0.3, 0.4) is 0 Å². The number of carbonyl (C=O) groups excluding carboxylic acids is 2. The number of hydrogen-bond donors (Lipinski definition) is 1. The fourth-order valence-electron chi connectivity index (χ4n) is 0.583. The molecule has 0 saturated carbocycles. The summed E-state index contributed by atoms with van der Waals surface area (Å²) in [6.07, 6.45) is 1.67. The second-order valence-corrected chi connectivity index (χ2v) is 1.76. The Labute approximate surface area is 68.3 Å². The normalized spacial score (nSPS) is 12.6. The van der Waals surface area contributed by atoms with E-state index in [0.29, 0.717) is 6.42 Å². The van der Waals surface area contributed by atoms with Crippen molar-refractivity contribution in [2.24, 2.45) is 15.1 Å². The topological polar surface area (TPSA) is 91.4 Å². The third kappa shape index (κ3) is 2.88. The van der Waals surface area contributed by atoms with Gasteiger partial charge in [-0.05, 0) is 6.42 Å². The molecule has 0 unspecified atom stereocenters. The maximum Gasteiger partial charge on any atom is 0.237 e. The van der Waals surface area contributed by atoms with Crippen LogP contribution in [0.5, 0.6) is 0 Å². The van der Waals surface area contributed by atoms with Crippen LogP contribution in [0.25, 0.3) is 0 Å². The monoisotopic (exact) mass is 169 g/mol. The average Bonchev–Trinajstić information content (AvgIpc) is 2.07. The molecule has 64 valence electrons. The Morgan fingerprint density at radius 1 is 1.42 bits per heavy atom. The van der Waals surface area contributed by atoms with Crippen molar-refractivity contribution < 1.29 is 14.8 Å². The minimum atomic E-state index is -1.09. The highest BCUT2D eigenvalue weighted by molar-refractivity contribution is 5.89. The molecular weight excluding hydrogens is 162 g/mol. The van der Waals surface area contributed by atoms with Gasteiger partial charge in [-0.25, -0.2) is 9.59 Å². The van der Waals surface area contributed by atoms with Gasteiger partial charge in [-0.15, -0.1) is 0 Å². The molecule has 0 atom stereocenters. The summed E-state index contributed by atoms with van der Waals surface area (Å²) < 4.78 is 0. The predicted molar refractivity (Wildman–Crippen MR) is 39.5 cm³/mol. The minimum absolute atomic E-state index is 0.113. The summed E-state index contributed by atoms with van der Waals surface area (Å²) in [7, 11) is 0. The number of aliphatic imine (C=N–C) groups is 2. The van der Waals surface area contributed by atoms with Gasteiger partial charge < -0.3 is 5.21 Å². The van der Waals surface area contributed by atoms with Crippen molar-refractivity contribution in [3.05, 3.63) is 0 Å². The van der Waals surface area contributed by atoms with Gasteiger partial charge in [0.2, 0.25) is 18.3 Å². The standard InChI is InChI=1S/C6H7N3O3/c1-2-5(9-12)6(7-3-10)8-4-11/h6,12H,2H2,1H3/b9-5+. The third-order valence-corrected chi connectivity index (χ3v) is 1.14. The van der Waals surface area contributed by atoms with E-state index in [1.165, 1.54) is 12.2 Å². The molecule has 6 heteroatoms. The molecule has 0 aliphatic rings. The highest BCUT2D eigenvalue weighted by Crippen LogP contribution is 1.99. The van der Waals surface area contributed by atoms with Gasteiger partial charge in [-0.2, -0.15) is 9.98 Å². The molecule has 0 radical (unpaired) electrons. The Kier molecular flexibility index (Phi) is 5.09. The van der Waals surface area contributed by atoms with Crippen molar-refractivity contribution in [3.8, 4) is 0 Å². The summed E-state index contributed by atoms with van der Waals surface area (Å²) in [6, 6.07) is 0. The molecule has 12 heavy (non-hydrogen) atoms. The largest absolute Gasteiger partial charge is 0.411 e. The first kappa shape index (κ1) is 10.2. The number of nitrogens with zero attached hydrogens (tertiary/aromatic N) is 3. The molecule has 0 saturated heterocycles. The number of isocyanates is 2. The maximum atomic E-state index is 9.81. The zero-order valence-electron chi connectivity index (χ0n) is 6.39. The number of oxime groups is 1. The summed E-state index contributed by atoms with van der Waals surface area (Å²) >= 11 is 0. The Hall–Kier alpha value is -1.77. The first-order chi connectivity index (χ1) is 5.79. The summed E-state index contributed by atoms with van der Waals surface area (Å²) in [4.78, 5) is 25.9. The molecule has 0 aromatic heterocycles. The molecule has 0 bridgehead atoms. The van der Waals surface area contributed by atoms with Gasteiger partial charge in [-0.1, -0.05) is 12.1 Å². The molecule has 0 spiro atoms. The maximum absolute atomic E-state index is 9.81. The third-order valence-electron chi connectivity index (χ3n) is 1.14. The highest BCUT2D eigenvalue weighted by atomic mass is 16.4. The summed E-state index contributed by atoms with van der Waals surface area (Å²) in [6.45, 7) is 1.67. The van der Waals surface area contributed by atoms with E-state index in [4.69, 9.17) is 5.21 Å². The summed E-state index contributed by atoms with van der Waals surface area (Å²) in [5.41, 5.74) is 0.113. The van der Waals surface area contributed by atoms with Crippen LogP contribution in [0.2, 0.25) is 0 Å². The lowest BCUT2D eigenvalue weighted by atomic mass is 10.2. The molecule has 1 N–H and O–H groups in total. The van der Waals surface area contributed by atoms with Crippen LogP contribution in [0.4, 0.5) is 0 Å². The van der Waals surface area contributed by atoms with E-state index < -0.39 is 6.17 Å². The van der Waals surface area contributed by atoms with E-state index in [9.17, 15) is 9.59 Å². The second-order valence-electron chi connectivity index (χ2n) is 1.76. The van der Waals surface area contributed by atoms with Gasteiger partial charge in [-0.3, -0.25) is 0 Å². The van der Waals surface area contributed by atoms with Gasteiger partial charge in [0, 0.05) is 0 Å². The molecule has 0 aromatic rings. The van der Waals surface area contributed by atoms with E-state index >= 15 is 0 Å². The minimum Gasteiger partial charge on any atom is -0.411 e. The zero-order valence-corrected chi connectivity index (χ0v) is 6.39. The SMILES string of the molecule is CC/C(=N\O)C(N=C=O)N=C=O. The van der Waals surface area contributed by atoms with Crippen LogP contribution in [0.1, 0.15) is 13.3 Å². The number of rotatable bonds is 4. The van der Waals surface area contributed by atoms with Gasteiger partial charge in [0.1, 0.15) is 5.71 Å². The van der Waals surface area contributed by atoms with E-state index in [-0.39, 0.29) is 5.71 Å². The Morgan fingerprint density at radius 3 is 2.17 bits per heavy atom. The van der Waals surface area contributed by atoms with Crippen molar-refractivity contribution in [1.82, 2.24) is 0 Å². The van der Waals surface area contributed by atoms with E-state index in [1.54, 1.807) is 6.92 Å². The van der Waals surface area contributed by atoms with Gasteiger partial charge >= 0.3 is 0 Å². The van der Waals surface area contributed by atoms with Gasteiger partial charge in [0.25, 0.3) is 0 Å². The Balaban J connectivity index is 4.70. The van der Waals surface area contributed by atoms with Crippen LogP contribution in [0, 0.1) is 0 Å². The smallest absolute Gasteiger partial charge is 0.237 e. The van der Waals surface area contributed by atoms with Crippen molar-refractivity contribution in [2.45, 2.75) is 19.5 Å². The highest BCUT2D eigenvalue weighted by Gasteiger charge is 2.11. The fourth-order valence-corrected chi connectivity index (χ4v) is 0.583. The Morgan fingerprint density at radius 2 is 1.92 bits per heavy atom. The lowest BCUT2D eigenvalue weighted by molar-refractivity contribution is 0.315. The molecule has 0 heterocycles. The molecular formula is C6H7N3O3. The lowest BCUT2D eigenvalue weighted by Gasteiger charge is -2.01. The van der Waals surface area contributed by atoms with Crippen LogP contribution < -0.4 is 0 Å². The molecule has 0 aliphatic carbocycles. The van der Waals surface area contributed by atoms with Crippen molar-refractivity contribution in [2.75, 3.05) is 0 Å². The predicted octanol–water partition coefficient (Wildman–Crippen LogP) is 0.224. The van der Waals surface area contributed by atoms with Crippen LogP contribution in [-0.4, -0.2) is 29.2 Å². The Bertz CT molecular complexity index is 243. The van der Waals surface area contributed by atoms with Gasteiger partial charge in [0.05, 0.1) is 0 Å². The first-order valence-corrected chi connectivity index (χ1v) is 3.14. The summed E-state index contributed by atoms with van der Waals surface area (Å²) in [5, 5.41) is 11.2. The van der Waals surface area contributed by atoms with Gasteiger partial charge in [0.15, 0.2) is 0 Å². The molecule has 6 nitrogen and oxygen atoms in total. The van der Waals surface area contributed by atoms with Crippen LogP contribution in [-0.2, 0) is 9.59 Å². The van der Waals surface area contributed by atoms with Crippen LogP contribution in [0.15, 0.2) is 15.1 Å². The summed E-state index contributed by atoms with van der Waals surface area (Å²) in [5.74, 6) is 0. The van der Waals surface area contributed by atoms with Crippen molar-refractivity contribution in [1.29, 1.82) is 0 Å². The van der Waals surface area contributed by atoms with Crippen molar-refractivity contribution >= 4 is 17.9 Å². The van der Waals surface area contributed by atoms with E-state index in [2.05, 4.69) is 15.1 Å². The fraction of sp³-hybridized carbons (Fsp3) is 0.500.